The number of nitrogens with zero attached hydrogens (tertiary/aromatic N) is 5. The number of hydrogen-bond acceptors (Lipinski definition) is 8. The Hall–Kier alpha value is -3.12. The Kier molecular flexibility index (Phi) is 8.21. The molecule has 4 N–H and O–H groups in total. The average molecular weight is 573 g/mol. The van der Waals surface area contributed by atoms with Gasteiger partial charge >= 0.3 is 6.36 Å². The Morgan fingerprint density at radius 3 is 2.32 bits per heavy atom. The highest BCUT2D eigenvalue weighted by atomic mass is 19.4. The number of nitrogens with one attached hydrogen (secondary N) is 2. The van der Waals surface area contributed by atoms with Crippen LogP contribution in [0.4, 0.5) is 24.9 Å². The highest BCUT2D eigenvalue weighted by Crippen LogP contribution is 2.34. The zero-order chi connectivity index (χ0) is 28.4. The van der Waals surface area contributed by atoms with Crippen LogP contribution in [0, 0.1) is 5.92 Å². The standard InChI is InChI=1S/C29H39F3N8O/c30-29(31,32)41-24-11-5-19(6-12-24)17-20-13-15-39(16-14-20)38-26-25-27(40(18-34-25)23-3-1-2-4-23)37-28(36-26)35-22-9-7-21(33)8-10-22/h5-6,11-12,18,20-23H,1-4,7-10,13-17,33H2,(H2,35,36,37,38). The highest BCUT2D eigenvalue weighted by molar-refractivity contribution is 5.84. The molecule has 0 amide bonds. The fourth-order valence-electron chi connectivity index (χ4n) is 6.51. The molecule has 0 atom stereocenters. The van der Waals surface area contributed by atoms with Crippen molar-refractivity contribution in [1.82, 2.24) is 24.5 Å². The molecule has 0 spiro atoms. The minimum absolute atomic E-state index is 0.187. The molecule has 3 heterocycles. The molecule has 2 aliphatic carbocycles. The van der Waals surface area contributed by atoms with Crippen LogP contribution in [0.2, 0.25) is 0 Å². The molecule has 222 valence electrons. The molecular formula is C29H39F3N8O. The normalized spacial score (nSPS) is 23.2. The number of alkyl halides is 3. The number of hydrazine groups is 1. The van der Waals surface area contributed by atoms with E-state index in [-0.39, 0.29) is 11.8 Å². The number of nitrogens with two attached hydrogens (primary N) is 1. The van der Waals surface area contributed by atoms with Gasteiger partial charge in [-0.15, -0.1) is 13.2 Å². The Morgan fingerprint density at radius 1 is 0.927 bits per heavy atom. The minimum atomic E-state index is -4.67. The van der Waals surface area contributed by atoms with Crippen LogP contribution >= 0.6 is 0 Å². The molecule has 1 saturated heterocycles. The lowest BCUT2D eigenvalue weighted by atomic mass is 9.91. The zero-order valence-electron chi connectivity index (χ0n) is 23.2. The van der Waals surface area contributed by atoms with E-state index in [1.165, 1.54) is 25.0 Å². The van der Waals surface area contributed by atoms with Crippen molar-refractivity contribution in [2.75, 3.05) is 23.8 Å². The number of benzene rings is 1. The molecule has 9 nitrogen and oxygen atoms in total. The molecule has 2 saturated carbocycles. The predicted molar refractivity (Wildman–Crippen MR) is 151 cm³/mol. The van der Waals surface area contributed by atoms with Crippen molar-refractivity contribution in [3.8, 4) is 5.75 Å². The third-order valence-electron chi connectivity index (χ3n) is 8.80. The van der Waals surface area contributed by atoms with Crippen molar-refractivity contribution < 1.29 is 17.9 Å². The summed E-state index contributed by atoms with van der Waals surface area (Å²) in [5, 5.41) is 5.77. The van der Waals surface area contributed by atoms with Crippen LogP contribution in [0.3, 0.4) is 0 Å². The molecule has 1 aliphatic heterocycles. The highest BCUT2D eigenvalue weighted by Gasteiger charge is 2.31. The van der Waals surface area contributed by atoms with Crippen LogP contribution in [-0.2, 0) is 6.42 Å². The molecule has 0 bridgehead atoms. The Balaban J connectivity index is 1.12. The molecule has 2 aromatic heterocycles. The number of hydrogen-bond donors (Lipinski definition) is 3. The van der Waals surface area contributed by atoms with E-state index in [1.807, 2.05) is 6.33 Å². The van der Waals surface area contributed by atoms with Crippen molar-refractivity contribution in [2.45, 2.75) is 95.1 Å². The average Bonchev–Trinajstić information content (AvgIpc) is 3.62. The molecule has 3 fully saturated rings. The maximum Gasteiger partial charge on any atom is 0.573 e. The van der Waals surface area contributed by atoms with Crippen LogP contribution in [-0.4, -0.2) is 56.1 Å². The van der Waals surface area contributed by atoms with Gasteiger partial charge in [0.25, 0.3) is 0 Å². The van der Waals surface area contributed by atoms with E-state index >= 15 is 0 Å². The van der Waals surface area contributed by atoms with Gasteiger partial charge in [0.05, 0.1) is 6.33 Å². The molecule has 12 heteroatoms. The summed E-state index contributed by atoms with van der Waals surface area (Å²) in [5.74, 6) is 1.62. The largest absolute Gasteiger partial charge is 0.573 e. The number of halogens is 3. The molecule has 0 unspecified atom stereocenters. The topological polar surface area (TPSA) is 106 Å². The van der Waals surface area contributed by atoms with Crippen LogP contribution in [0.15, 0.2) is 30.6 Å². The summed E-state index contributed by atoms with van der Waals surface area (Å²) < 4.78 is 43.6. The monoisotopic (exact) mass is 572 g/mol. The third-order valence-corrected chi connectivity index (χ3v) is 8.80. The summed E-state index contributed by atoms with van der Waals surface area (Å²) >= 11 is 0. The lowest BCUT2D eigenvalue weighted by molar-refractivity contribution is -0.274. The first kappa shape index (κ1) is 28.0. The summed E-state index contributed by atoms with van der Waals surface area (Å²) in [4.78, 5) is 14.6. The first-order chi connectivity index (χ1) is 19.8. The first-order valence-corrected chi connectivity index (χ1v) is 14.9. The van der Waals surface area contributed by atoms with Crippen LogP contribution in [0.1, 0.15) is 75.8 Å². The summed E-state index contributed by atoms with van der Waals surface area (Å²) in [6.07, 6.45) is 8.78. The SMILES string of the molecule is NC1CCC(Nc2nc(NN3CCC(Cc4ccc(OC(F)(F)F)cc4)CC3)c3ncn(C4CCCC4)c3n2)CC1. The second-order valence-corrected chi connectivity index (χ2v) is 11.9. The van der Waals surface area contributed by atoms with Crippen LogP contribution in [0.25, 0.3) is 11.2 Å². The van der Waals surface area contributed by atoms with E-state index in [0.29, 0.717) is 23.9 Å². The Morgan fingerprint density at radius 2 is 1.63 bits per heavy atom. The summed E-state index contributed by atoms with van der Waals surface area (Å²) in [5.41, 5.74) is 12.3. The maximum absolute atomic E-state index is 12.5. The second-order valence-electron chi connectivity index (χ2n) is 11.9. The van der Waals surface area contributed by atoms with Gasteiger partial charge in [-0.25, -0.2) is 9.99 Å². The van der Waals surface area contributed by atoms with Crippen LogP contribution < -0.4 is 21.2 Å². The Labute approximate surface area is 238 Å². The quantitative estimate of drug-likeness (QED) is 0.311. The van der Waals surface area contributed by atoms with Crippen molar-refractivity contribution >= 4 is 22.9 Å². The first-order valence-electron chi connectivity index (χ1n) is 14.9. The molecule has 41 heavy (non-hydrogen) atoms. The van der Waals surface area contributed by atoms with Gasteiger partial charge in [-0.05, 0) is 81.4 Å². The lowest BCUT2D eigenvalue weighted by Gasteiger charge is -2.32. The van der Waals surface area contributed by atoms with E-state index in [1.54, 1.807) is 12.1 Å². The van der Waals surface area contributed by atoms with Gasteiger partial charge in [-0.1, -0.05) is 25.0 Å². The molecule has 6 rings (SSSR count). The van der Waals surface area contributed by atoms with Gasteiger partial charge in [0.2, 0.25) is 5.95 Å². The number of fused-ring (bicyclic) bond motifs is 1. The van der Waals surface area contributed by atoms with Crippen molar-refractivity contribution in [3.05, 3.63) is 36.2 Å². The van der Waals surface area contributed by atoms with Crippen molar-refractivity contribution in [3.63, 3.8) is 0 Å². The number of rotatable bonds is 8. The van der Waals surface area contributed by atoms with Crippen molar-refractivity contribution in [2.24, 2.45) is 11.7 Å². The number of aromatic nitrogens is 4. The summed E-state index contributed by atoms with van der Waals surface area (Å²) in [6.45, 7) is 1.66. The number of imidazole rings is 1. The Bertz CT molecular complexity index is 1290. The van der Waals surface area contributed by atoms with E-state index in [0.717, 1.165) is 93.4 Å². The van der Waals surface area contributed by atoms with Crippen molar-refractivity contribution in [1.29, 1.82) is 0 Å². The zero-order valence-corrected chi connectivity index (χ0v) is 23.2. The van der Waals surface area contributed by atoms with Gasteiger partial charge in [0.15, 0.2) is 17.0 Å². The predicted octanol–water partition coefficient (Wildman–Crippen LogP) is 5.80. The fraction of sp³-hybridized carbons (Fsp3) is 0.621. The fourth-order valence-corrected chi connectivity index (χ4v) is 6.51. The molecular weight excluding hydrogens is 533 g/mol. The number of anilines is 2. The molecule has 0 radical (unpaired) electrons. The molecule has 3 aromatic rings. The summed E-state index contributed by atoms with van der Waals surface area (Å²) in [6, 6.07) is 7.23. The van der Waals surface area contributed by atoms with Gasteiger partial charge in [0.1, 0.15) is 5.75 Å². The smallest absolute Gasteiger partial charge is 0.406 e. The third kappa shape index (κ3) is 7.03. The van der Waals surface area contributed by atoms with E-state index in [4.69, 9.17) is 20.7 Å². The van der Waals surface area contributed by atoms with Gasteiger partial charge in [-0.2, -0.15) is 9.97 Å². The van der Waals surface area contributed by atoms with E-state index in [2.05, 4.69) is 25.1 Å². The van der Waals surface area contributed by atoms with E-state index < -0.39 is 6.36 Å². The van der Waals surface area contributed by atoms with E-state index in [9.17, 15) is 13.2 Å². The number of ether oxygens (including phenoxy) is 1. The van der Waals surface area contributed by atoms with Gasteiger partial charge in [-0.3, -0.25) is 0 Å². The molecule has 1 aromatic carbocycles. The number of piperidine rings is 1. The molecule has 3 aliphatic rings. The maximum atomic E-state index is 12.5. The minimum Gasteiger partial charge on any atom is -0.406 e. The van der Waals surface area contributed by atoms with Crippen LogP contribution in [0.5, 0.6) is 5.75 Å². The second kappa shape index (κ2) is 12.0. The lowest BCUT2D eigenvalue weighted by Crippen LogP contribution is -2.39. The van der Waals surface area contributed by atoms with Gasteiger partial charge < -0.3 is 25.8 Å². The summed E-state index contributed by atoms with van der Waals surface area (Å²) in [7, 11) is 0. The van der Waals surface area contributed by atoms with Gasteiger partial charge in [0, 0.05) is 31.2 Å².